The maximum atomic E-state index is 14.1. The van der Waals surface area contributed by atoms with Crippen LogP contribution in [0.25, 0.3) is 0 Å². The molecule has 0 aliphatic heterocycles. The highest BCUT2D eigenvalue weighted by molar-refractivity contribution is 7.80. The first-order valence-electron chi connectivity index (χ1n) is 8.42. The molecule has 9 heteroatoms. The van der Waals surface area contributed by atoms with E-state index in [1.54, 1.807) is 30.3 Å². The van der Waals surface area contributed by atoms with Gasteiger partial charge in [0.05, 0.1) is 24.1 Å². The molecule has 0 aliphatic carbocycles. The highest BCUT2D eigenvalue weighted by Gasteiger charge is 2.34. The molecule has 0 fully saturated rings. The minimum atomic E-state index is -4.62. The molecule has 1 N–H and O–H groups in total. The van der Waals surface area contributed by atoms with Crippen molar-refractivity contribution < 1.29 is 22.0 Å². The monoisotopic (exact) mass is 442 g/mol. The molecule has 3 rings (SSSR count). The van der Waals surface area contributed by atoms with Crippen molar-refractivity contribution in [1.82, 2.24) is 4.90 Å². The number of rotatable bonds is 5. The summed E-state index contributed by atoms with van der Waals surface area (Å²) in [6, 6.07) is 12.8. The number of hydrogen-bond donors (Lipinski definition) is 1. The zero-order chi connectivity index (χ0) is 21.0. The molecule has 2 aromatic carbocycles. The highest BCUT2D eigenvalue weighted by Crippen LogP contribution is 2.36. The van der Waals surface area contributed by atoms with E-state index in [9.17, 15) is 17.6 Å². The zero-order valence-electron chi connectivity index (χ0n) is 14.8. The summed E-state index contributed by atoms with van der Waals surface area (Å²) in [5, 5.41) is 2.55. The molecule has 0 saturated carbocycles. The number of furan rings is 1. The molecule has 1 heterocycles. The first-order chi connectivity index (χ1) is 13.7. The summed E-state index contributed by atoms with van der Waals surface area (Å²) in [4.78, 5) is 1.52. The van der Waals surface area contributed by atoms with Gasteiger partial charge < -0.3 is 14.6 Å². The zero-order valence-corrected chi connectivity index (χ0v) is 16.4. The maximum Gasteiger partial charge on any atom is 0.418 e. The fraction of sp³-hybridized carbons (Fsp3) is 0.150. The largest absolute Gasteiger partial charge is 0.467 e. The van der Waals surface area contributed by atoms with Gasteiger partial charge in [0.15, 0.2) is 5.11 Å². The smallest absolute Gasteiger partial charge is 0.418 e. The molecule has 0 aliphatic rings. The van der Waals surface area contributed by atoms with Crippen LogP contribution in [0.15, 0.2) is 65.3 Å². The molecule has 0 bridgehead atoms. The van der Waals surface area contributed by atoms with Crippen LogP contribution in [0.5, 0.6) is 0 Å². The summed E-state index contributed by atoms with van der Waals surface area (Å²) >= 11 is 11.1. The third-order valence-corrected chi connectivity index (χ3v) is 4.66. The topological polar surface area (TPSA) is 28.4 Å². The number of thiocarbonyl (C=S) groups is 1. The second-order valence-corrected chi connectivity index (χ2v) is 6.97. The Morgan fingerprint density at radius 3 is 2.48 bits per heavy atom. The normalized spacial score (nSPS) is 11.3. The van der Waals surface area contributed by atoms with Gasteiger partial charge in [0.25, 0.3) is 0 Å². The quantitative estimate of drug-likeness (QED) is 0.361. The van der Waals surface area contributed by atoms with Crippen LogP contribution in [0, 0.1) is 5.82 Å². The fourth-order valence-corrected chi connectivity index (χ4v) is 3.09. The van der Waals surface area contributed by atoms with E-state index < -0.39 is 17.6 Å². The number of alkyl halides is 3. The van der Waals surface area contributed by atoms with Gasteiger partial charge in [0.1, 0.15) is 11.6 Å². The van der Waals surface area contributed by atoms with E-state index in [0.717, 1.165) is 6.07 Å². The van der Waals surface area contributed by atoms with Gasteiger partial charge in [-0.2, -0.15) is 13.2 Å². The van der Waals surface area contributed by atoms with Crippen molar-refractivity contribution in [3.8, 4) is 0 Å². The number of nitrogens with zero attached hydrogens (tertiary/aromatic N) is 1. The van der Waals surface area contributed by atoms with E-state index in [2.05, 4.69) is 5.32 Å². The molecule has 3 aromatic rings. The Morgan fingerprint density at radius 1 is 1.07 bits per heavy atom. The summed E-state index contributed by atoms with van der Waals surface area (Å²) in [7, 11) is 0. The molecule has 0 atom stereocenters. The Hall–Kier alpha value is -2.58. The van der Waals surface area contributed by atoms with Gasteiger partial charge in [0.2, 0.25) is 0 Å². The Morgan fingerprint density at radius 2 is 1.83 bits per heavy atom. The van der Waals surface area contributed by atoms with Crippen LogP contribution in [-0.2, 0) is 19.3 Å². The van der Waals surface area contributed by atoms with Gasteiger partial charge in [-0.15, -0.1) is 0 Å². The molecule has 0 spiro atoms. The van der Waals surface area contributed by atoms with Crippen molar-refractivity contribution in [2.75, 3.05) is 5.32 Å². The maximum absolute atomic E-state index is 14.1. The van der Waals surface area contributed by atoms with Crippen LogP contribution >= 0.6 is 23.8 Å². The van der Waals surface area contributed by atoms with Crippen LogP contribution in [0.3, 0.4) is 0 Å². The first-order valence-corrected chi connectivity index (χ1v) is 9.21. The molecule has 1 aromatic heterocycles. The molecule has 3 nitrogen and oxygen atoms in total. The lowest BCUT2D eigenvalue weighted by Crippen LogP contribution is -2.34. The minimum absolute atomic E-state index is 0.0162. The van der Waals surface area contributed by atoms with Gasteiger partial charge >= 0.3 is 6.18 Å². The Kier molecular flexibility index (Phi) is 6.44. The van der Waals surface area contributed by atoms with E-state index in [4.69, 9.17) is 28.2 Å². The van der Waals surface area contributed by atoms with Crippen LogP contribution < -0.4 is 5.32 Å². The fourth-order valence-electron chi connectivity index (χ4n) is 2.68. The predicted octanol–water partition coefficient (Wildman–Crippen LogP) is 6.49. The number of halogens is 5. The molecular formula is C20H15ClF4N2OS. The first kappa shape index (κ1) is 21.1. The average molecular weight is 443 g/mol. The summed E-state index contributed by atoms with van der Waals surface area (Å²) in [5.41, 5.74) is -0.851. The van der Waals surface area contributed by atoms with Crippen LogP contribution in [0.1, 0.15) is 16.9 Å². The third kappa shape index (κ3) is 5.48. The molecule has 0 unspecified atom stereocenters. The Labute approximate surface area is 174 Å². The van der Waals surface area contributed by atoms with Gasteiger partial charge in [0, 0.05) is 17.1 Å². The summed E-state index contributed by atoms with van der Waals surface area (Å²) in [5.74, 6) is 0.0832. The number of anilines is 1. The highest BCUT2D eigenvalue weighted by atomic mass is 35.5. The van der Waals surface area contributed by atoms with Gasteiger partial charge in [-0.05, 0) is 48.6 Å². The number of hydrogen-bond acceptors (Lipinski definition) is 2. The number of nitrogens with one attached hydrogen (secondary N) is 1. The van der Waals surface area contributed by atoms with Crippen molar-refractivity contribution in [1.29, 1.82) is 0 Å². The summed E-state index contributed by atoms with van der Waals surface area (Å²) in [6.07, 6.45) is -3.16. The average Bonchev–Trinajstić information content (AvgIpc) is 3.16. The molecule has 0 saturated heterocycles. The van der Waals surface area contributed by atoms with Crippen LogP contribution in [0.4, 0.5) is 23.2 Å². The lowest BCUT2D eigenvalue weighted by molar-refractivity contribution is -0.136. The molecule has 0 radical (unpaired) electrons. The van der Waals surface area contributed by atoms with Gasteiger partial charge in [-0.25, -0.2) is 4.39 Å². The van der Waals surface area contributed by atoms with Crippen LogP contribution in [-0.4, -0.2) is 10.0 Å². The lowest BCUT2D eigenvalue weighted by atomic mass is 10.1. The Bertz CT molecular complexity index is 992. The van der Waals surface area contributed by atoms with E-state index in [1.165, 1.54) is 29.4 Å². The SMILES string of the molecule is Fc1ccccc1CN(Cc1ccco1)C(=S)Nc1ccc(Cl)cc1C(F)(F)F. The van der Waals surface area contributed by atoms with E-state index in [-0.39, 0.29) is 28.9 Å². The predicted molar refractivity (Wildman–Crippen MR) is 107 cm³/mol. The minimum Gasteiger partial charge on any atom is -0.467 e. The standard InChI is InChI=1S/C20H15ClF4N2OS/c21-14-7-8-18(16(10-14)20(23,24)25)26-19(29)27(12-15-5-3-9-28-15)11-13-4-1-2-6-17(13)22/h1-10H,11-12H2,(H,26,29). The second kappa shape index (κ2) is 8.84. The van der Waals surface area contributed by atoms with E-state index >= 15 is 0 Å². The van der Waals surface area contributed by atoms with E-state index in [1.807, 2.05) is 0 Å². The molecule has 0 amide bonds. The van der Waals surface area contributed by atoms with Crippen molar-refractivity contribution in [2.45, 2.75) is 19.3 Å². The lowest BCUT2D eigenvalue weighted by Gasteiger charge is -2.26. The second-order valence-electron chi connectivity index (χ2n) is 6.14. The molecule has 152 valence electrons. The third-order valence-electron chi connectivity index (χ3n) is 4.06. The van der Waals surface area contributed by atoms with Crippen molar-refractivity contribution in [2.24, 2.45) is 0 Å². The number of benzene rings is 2. The molecular weight excluding hydrogens is 428 g/mol. The van der Waals surface area contributed by atoms with Gasteiger partial charge in [-0.3, -0.25) is 0 Å². The van der Waals surface area contributed by atoms with Crippen molar-refractivity contribution in [3.05, 3.63) is 88.6 Å². The van der Waals surface area contributed by atoms with E-state index in [0.29, 0.717) is 11.3 Å². The molecule has 29 heavy (non-hydrogen) atoms. The van der Waals surface area contributed by atoms with Crippen molar-refractivity contribution >= 4 is 34.6 Å². The van der Waals surface area contributed by atoms with Crippen molar-refractivity contribution in [3.63, 3.8) is 0 Å². The summed E-state index contributed by atoms with van der Waals surface area (Å²) in [6.45, 7) is 0.177. The van der Waals surface area contributed by atoms with Crippen LogP contribution in [0.2, 0.25) is 5.02 Å². The summed E-state index contributed by atoms with van der Waals surface area (Å²) < 4.78 is 59.5. The van der Waals surface area contributed by atoms with Gasteiger partial charge in [-0.1, -0.05) is 29.8 Å². The Balaban J connectivity index is 1.88.